The standard InChI is InChI=1S/C11H12FNO/c12-8-2-1-7-3-6-14-10(7)9(8)11(13)4-5-11/h1-2H,3-6,13H2. The Labute approximate surface area is 81.9 Å². The van der Waals surface area contributed by atoms with Gasteiger partial charge in [0.2, 0.25) is 0 Å². The maximum atomic E-state index is 13.6. The number of nitrogens with two attached hydrogens (primary N) is 1. The maximum absolute atomic E-state index is 13.6. The summed E-state index contributed by atoms with van der Waals surface area (Å²) >= 11 is 0. The van der Waals surface area contributed by atoms with Crippen LogP contribution in [0.5, 0.6) is 5.75 Å². The van der Waals surface area contributed by atoms with Gasteiger partial charge in [-0.3, -0.25) is 0 Å². The number of rotatable bonds is 1. The third kappa shape index (κ3) is 0.989. The van der Waals surface area contributed by atoms with Gasteiger partial charge in [0.1, 0.15) is 11.6 Å². The van der Waals surface area contributed by atoms with Crippen LogP contribution in [0.2, 0.25) is 0 Å². The van der Waals surface area contributed by atoms with E-state index in [1.54, 1.807) is 6.07 Å². The second kappa shape index (κ2) is 2.48. The van der Waals surface area contributed by atoms with Crippen LogP contribution >= 0.6 is 0 Å². The van der Waals surface area contributed by atoms with Crippen molar-refractivity contribution in [3.8, 4) is 5.75 Å². The van der Waals surface area contributed by atoms with E-state index in [2.05, 4.69) is 0 Å². The first-order valence-corrected chi connectivity index (χ1v) is 4.94. The molecule has 2 nitrogen and oxygen atoms in total. The number of ether oxygens (including phenoxy) is 1. The summed E-state index contributed by atoms with van der Waals surface area (Å²) in [5.41, 5.74) is 7.28. The van der Waals surface area contributed by atoms with Gasteiger partial charge in [-0.15, -0.1) is 0 Å². The van der Waals surface area contributed by atoms with Crippen molar-refractivity contribution in [3.63, 3.8) is 0 Å². The van der Waals surface area contributed by atoms with Gasteiger partial charge in [0, 0.05) is 17.5 Å². The molecule has 0 radical (unpaired) electrons. The Bertz CT molecular complexity index is 399. The molecule has 0 aromatic heterocycles. The van der Waals surface area contributed by atoms with E-state index in [9.17, 15) is 4.39 Å². The predicted molar refractivity (Wildman–Crippen MR) is 50.7 cm³/mol. The quantitative estimate of drug-likeness (QED) is 0.736. The van der Waals surface area contributed by atoms with Crippen LogP contribution in [0, 0.1) is 5.82 Å². The number of fused-ring (bicyclic) bond motifs is 1. The van der Waals surface area contributed by atoms with Gasteiger partial charge < -0.3 is 10.5 Å². The molecule has 3 rings (SSSR count). The lowest BCUT2D eigenvalue weighted by Crippen LogP contribution is -2.21. The molecule has 2 N–H and O–H groups in total. The molecule has 1 fully saturated rings. The second-order valence-corrected chi connectivity index (χ2v) is 4.17. The molecule has 1 aromatic rings. The Balaban J connectivity index is 2.21. The van der Waals surface area contributed by atoms with E-state index in [-0.39, 0.29) is 5.82 Å². The van der Waals surface area contributed by atoms with Crippen molar-refractivity contribution in [2.75, 3.05) is 6.61 Å². The Kier molecular flexibility index (Phi) is 1.46. The molecule has 0 saturated heterocycles. The zero-order valence-corrected chi connectivity index (χ0v) is 7.85. The lowest BCUT2D eigenvalue weighted by atomic mass is 10.00. The van der Waals surface area contributed by atoms with Crippen LogP contribution in [0.1, 0.15) is 24.0 Å². The monoisotopic (exact) mass is 193 g/mol. The van der Waals surface area contributed by atoms with Crippen LogP contribution in [0.25, 0.3) is 0 Å². The average Bonchev–Trinajstić information content (AvgIpc) is 2.74. The number of hydrogen-bond donors (Lipinski definition) is 1. The van der Waals surface area contributed by atoms with Gasteiger partial charge in [-0.25, -0.2) is 4.39 Å². The maximum Gasteiger partial charge on any atom is 0.131 e. The Hall–Kier alpha value is -1.09. The van der Waals surface area contributed by atoms with Crippen LogP contribution in [-0.2, 0) is 12.0 Å². The van der Waals surface area contributed by atoms with Crippen LogP contribution in [0.15, 0.2) is 12.1 Å². The van der Waals surface area contributed by atoms with Gasteiger partial charge in [-0.2, -0.15) is 0 Å². The number of hydrogen-bond acceptors (Lipinski definition) is 2. The van der Waals surface area contributed by atoms with Crippen molar-refractivity contribution in [2.24, 2.45) is 5.73 Å². The van der Waals surface area contributed by atoms with Crippen molar-refractivity contribution >= 4 is 0 Å². The summed E-state index contributed by atoms with van der Waals surface area (Å²) in [7, 11) is 0. The first kappa shape index (κ1) is 8.24. The smallest absolute Gasteiger partial charge is 0.131 e. The minimum Gasteiger partial charge on any atom is -0.492 e. The zero-order valence-electron chi connectivity index (χ0n) is 7.85. The third-order valence-corrected chi connectivity index (χ3v) is 3.09. The summed E-state index contributed by atoms with van der Waals surface area (Å²) in [5.74, 6) is 0.496. The van der Waals surface area contributed by atoms with Gasteiger partial charge in [0.25, 0.3) is 0 Å². The number of halogens is 1. The molecule has 0 bridgehead atoms. The van der Waals surface area contributed by atoms with Gasteiger partial charge in [-0.05, 0) is 24.5 Å². The molecule has 1 aromatic carbocycles. The van der Waals surface area contributed by atoms with E-state index in [1.807, 2.05) is 0 Å². The van der Waals surface area contributed by atoms with Crippen molar-refractivity contribution in [2.45, 2.75) is 24.8 Å². The first-order chi connectivity index (χ1) is 6.71. The molecule has 74 valence electrons. The minimum absolute atomic E-state index is 0.217. The fourth-order valence-corrected chi connectivity index (χ4v) is 2.08. The van der Waals surface area contributed by atoms with Crippen molar-refractivity contribution in [1.29, 1.82) is 0 Å². The SMILES string of the molecule is NC1(c2c(F)ccc3c2OCC3)CC1. The molecular weight excluding hydrogens is 181 g/mol. The zero-order chi connectivity index (χ0) is 9.76. The van der Waals surface area contributed by atoms with E-state index < -0.39 is 5.54 Å². The lowest BCUT2D eigenvalue weighted by Gasteiger charge is -2.14. The summed E-state index contributed by atoms with van der Waals surface area (Å²) in [4.78, 5) is 0. The van der Waals surface area contributed by atoms with Crippen LogP contribution in [0.4, 0.5) is 4.39 Å². The molecule has 1 aliphatic heterocycles. The fraction of sp³-hybridized carbons (Fsp3) is 0.455. The molecule has 0 spiro atoms. The lowest BCUT2D eigenvalue weighted by molar-refractivity contribution is 0.347. The van der Waals surface area contributed by atoms with Crippen LogP contribution < -0.4 is 10.5 Å². The molecule has 0 atom stereocenters. The van der Waals surface area contributed by atoms with E-state index in [0.717, 1.165) is 24.8 Å². The Morgan fingerprint density at radius 2 is 2.14 bits per heavy atom. The van der Waals surface area contributed by atoms with Crippen molar-refractivity contribution in [1.82, 2.24) is 0 Å². The molecule has 14 heavy (non-hydrogen) atoms. The molecule has 2 aliphatic rings. The van der Waals surface area contributed by atoms with E-state index in [4.69, 9.17) is 10.5 Å². The number of benzene rings is 1. The van der Waals surface area contributed by atoms with Crippen molar-refractivity contribution in [3.05, 3.63) is 29.1 Å². The Morgan fingerprint density at radius 3 is 2.86 bits per heavy atom. The summed E-state index contributed by atoms with van der Waals surface area (Å²) < 4.78 is 19.1. The summed E-state index contributed by atoms with van der Waals surface area (Å²) in [6.45, 7) is 0.655. The van der Waals surface area contributed by atoms with Gasteiger partial charge >= 0.3 is 0 Å². The van der Waals surface area contributed by atoms with Crippen LogP contribution in [-0.4, -0.2) is 6.61 Å². The molecule has 3 heteroatoms. The highest BCUT2D eigenvalue weighted by atomic mass is 19.1. The topological polar surface area (TPSA) is 35.2 Å². The molecule has 1 heterocycles. The van der Waals surface area contributed by atoms with E-state index >= 15 is 0 Å². The molecule has 0 amide bonds. The minimum atomic E-state index is -0.445. The average molecular weight is 193 g/mol. The highest BCUT2D eigenvalue weighted by Gasteiger charge is 2.45. The Morgan fingerprint density at radius 1 is 1.36 bits per heavy atom. The van der Waals surface area contributed by atoms with Gasteiger partial charge in [-0.1, -0.05) is 6.07 Å². The predicted octanol–water partition coefficient (Wildman–Crippen LogP) is 1.71. The van der Waals surface area contributed by atoms with Gasteiger partial charge in [0.05, 0.1) is 6.61 Å². The molecule has 1 saturated carbocycles. The highest BCUT2D eigenvalue weighted by Crippen LogP contribution is 2.49. The van der Waals surface area contributed by atoms with Crippen LogP contribution in [0.3, 0.4) is 0 Å². The second-order valence-electron chi connectivity index (χ2n) is 4.17. The van der Waals surface area contributed by atoms with Gasteiger partial charge in [0.15, 0.2) is 0 Å². The summed E-state index contributed by atoms with van der Waals surface area (Å²) in [6, 6.07) is 3.31. The normalized spacial score (nSPS) is 21.6. The van der Waals surface area contributed by atoms with E-state index in [1.165, 1.54) is 6.07 Å². The molecular formula is C11H12FNO. The summed E-state index contributed by atoms with van der Waals surface area (Å²) in [5, 5.41) is 0. The fourth-order valence-electron chi connectivity index (χ4n) is 2.08. The van der Waals surface area contributed by atoms with E-state index in [0.29, 0.717) is 17.9 Å². The van der Waals surface area contributed by atoms with Crippen molar-refractivity contribution < 1.29 is 9.13 Å². The third-order valence-electron chi connectivity index (χ3n) is 3.09. The highest BCUT2D eigenvalue weighted by molar-refractivity contribution is 5.50. The largest absolute Gasteiger partial charge is 0.492 e. The molecule has 0 unspecified atom stereocenters. The molecule has 1 aliphatic carbocycles. The first-order valence-electron chi connectivity index (χ1n) is 4.94. The summed E-state index contributed by atoms with van der Waals surface area (Å²) in [6.07, 6.45) is 2.60.